The highest BCUT2D eigenvalue weighted by Gasteiger charge is 2.10. The Bertz CT molecular complexity index is 564. The fourth-order valence-corrected chi connectivity index (χ4v) is 1.39. The van der Waals surface area contributed by atoms with E-state index >= 15 is 0 Å². The predicted octanol–water partition coefficient (Wildman–Crippen LogP) is 1.75. The second-order valence-corrected chi connectivity index (χ2v) is 4.09. The van der Waals surface area contributed by atoms with Crippen molar-refractivity contribution >= 4 is 17.5 Å². The van der Waals surface area contributed by atoms with Crippen LogP contribution in [0.4, 0.5) is 0 Å². The van der Waals surface area contributed by atoms with Crippen LogP contribution in [0.15, 0.2) is 48.1 Å². The second-order valence-electron chi connectivity index (χ2n) is 3.55. The first-order valence-corrected chi connectivity index (χ1v) is 5.64. The highest BCUT2D eigenvalue weighted by atomic mass is 35.5. The van der Waals surface area contributed by atoms with Gasteiger partial charge in [0.25, 0.3) is 5.91 Å². The van der Waals surface area contributed by atoms with Crippen LogP contribution in [0.25, 0.3) is 5.69 Å². The van der Waals surface area contributed by atoms with Gasteiger partial charge in [0.2, 0.25) is 0 Å². The number of carbonyl (C=O) groups is 1. The molecule has 0 saturated heterocycles. The lowest BCUT2D eigenvalue weighted by Gasteiger charge is -2.00. The number of hydrogen-bond acceptors (Lipinski definition) is 3. The Morgan fingerprint density at radius 2 is 2.11 bits per heavy atom. The molecule has 0 aliphatic rings. The minimum Gasteiger partial charge on any atom is -0.346 e. The zero-order chi connectivity index (χ0) is 13.0. The van der Waals surface area contributed by atoms with Gasteiger partial charge in [0.05, 0.1) is 18.4 Å². The van der Waals surface area contributed by atoms with Crippen molar-refractivity contribution in [3.63, 3.8) is 0 Å². The molecular formula is C12H11ClN4O. The number of carbonyl (C=O) groups excluding carboxylic acids is 1. The van der Waals surface area contributed by atoms with E-state index in [0.717, 1.165) is 5.69 Å². The molecule has 1 aromatic carbocycles. The highest BCUT2D eigenvalue weighted by Crippen LogP contribution is 2.04. The molecule has 0 unspecified atom stereocenters. The summed E-state index contributed by atoms with van der Waals surface area (Å²) in [7, 11) is 0. The lowest BCUT2D eigenvalue weighted by molar-refractivity contribution is 0.0952. The van der Waals surface area contributed by atoms with Gasteiger partial charge in [-0.1, -0.05) is 36.4 Å². The van der Waals surface area contributed by atoms with Gasteiger partial charge >= 0.3 is 0 Å². The molecule has 0 atom stereocenters. The Labute approximate surface area is 109 Å². The van der Waals surface area contributed by atoms with Gasteiger partial charge in [-0.2, -0.15) is 9.90 Å². The molecule has 6 heteroatoms. The molecule has 1 amide bonds. The quantitative estimate of drug-likeness (QED) is 0.913. The number of aromatic nitrogens is 3. The van der Waals surface area contributed by atoms with E-state index in [1.54, 1.807) is 0 Å². The minimum absolute atomic E-state index is 0.207. The molecular weight excluding hydrogens is 252 g/mol. The summed E-state index contributed by atoms with van der Waals surface area (Å²) in [5.41, 5.74) is 1.02. The van der Waals surface area contributed by atoms with Gasteiger partial charge in [-0.15, -0.1) is 5.10 Å². The molecule has 1 heterocycles. The Morgan fingerprint density at radius 3 is 2.78 bits per heavy atom. The van der Waals surface area contributed by atoms with Crippen molar-refractivity contribution in [2.24, 2.45) is 0 Å². The van der Waals surface area contributed by atoms with Crippen LogP contribution in [-0.4, -0.2) is 27.4 Å². The molecule has 1 N–H and O–H groups in total. The van der Waals surface area contributed by atoms with E-state index in [4.69, 9.17) is 11.6 Å². The van der Waals surface area contributed by atoms with Gasteiger partial charge in [-0.05, 0) is 12.1 Å². The first-order valence-electron chi connectivity index (χ1n) is 5.26. The third-order valence-electron chi connectivity index (χ3n) is 2.15. The molecule has 5 nitrogen and oxygen atoms in total. The van der Waals surface area contributed by atoms with E-state index in [1.165, 1.54) is 11.0 Å². The Hall–Kier alpha value is -2.14. The van der Waals surface area contributed by atoms with Crippen LogP contribution in [0, 0.1) is 0 Å². The smallest absolute Gasteiger partial charge is 0.273 e. The van der Waals surface area contributed by atoms with Gasteiger partial charge in [0, 0.05) is 5.03 Å². The molecule has 0 aliphatic heterocycles. The lowest BCUT2D eigenvalue weighted by atomic mass is 10.3. The summed E-state index contributed by atoms with van der Waals surface area (Å²) in [4.78, 5) is 13.1. The molecule has 0 bridgehead atoms. The average molecular weight is 263 g/mol. The third kappa shape index (κ3) is 2.95. The molecule has 0 aliphatic carbocycles. The van der Waals surface area contributed by atoms with Crippen LogP contribution >= 0.6 is 11.6 Å². The second kappa shape index (κ2) is 5.46. The number of rotatable bonds is 4. The largest absolute Gasteiger partial charge is 0.346 e. The Morgan fingerprint density at radius 1 is 1.39 bits per heavy atom. The number of nitrogens with zero attached hydrogens (tertiary/aromatic N) is 3. The van der Waals surface area contributed by atoms with Crippen molar-refractivity contribution in [2.45, 2.75) is 0 Å². The maximum Gasteiger partial charge on any atom is 0.273 e. The molecule has 2 aromatic rings. The van der Waals surface area contributed by atoms with Crippen LogP contribution in [0.2, 0.25) is 0 Å². The average Bonchev–Trinajstić information content (AvgIpc) is 2.86. The molecule has 0 radical (unpaired) electrons. The fourth-order valence-electron chi connectivity index (χ4n) is 1.32. The molecule has 92 valence electrons. The number of hydrogen-bond donors (Lipinski definition) is 1. The van der Waals surface area contributed by atoms with Gasteiger partial charge in [0.1, 0.15) is 0 Å². The van der Waals surface area contributed by atoms with Crippen molar-refractivity contribution in [3.8, 4) is 5.69 Å². The van der Waals surface area contributed by atoms with E-state index in [1.807, 2.05) is 30.3 Å². The first-order chi connectivity index (χ1) is 8.66. The zero-order valence-electron chi connectivity index (χ0n) is 9.51. The summed E-state index contributed by atoms with van der Waals surface area (Å²) in [5.74, 6) is -0.334. The van der Waals surface area contributed by atoms with Crippen LogP contribution in [0.1, 0.15) is 10.5 Å². The van der Waals surface area contributed by atoms with Crippen molar-refractivity contribution in [1.29, 1.82) is 0 Å². The standard InChI is InChI=1S/C12H11ClN4O/c1-9(13)7-14-12(18)11-8-15-17(16-11)10-5-3-2-4-6-10/h2-6,8H,1,7H2,(H,14,18). The maximum atomic E-state index is 11.7. The summed E-state index contributed by atoms with van der Waals surface area (Å²) in [5, 5.41) is 11.0. The van der Waals surface area contributed by atoms with E-state index in [-0.39, 0.29) is 18.1 Å². The summed E-state index contributed by atoms with van der Waals surface area (Å²) >= 11 is 5.56. The van der Waals surface area contributed by atoms with Crippen molar-refractivity contribution in [3.05, 3.63) is 53.8 Å². The number of halogens is 1. The Kier molecular flexibility index (Phi) is 3.74. The number of benzene rings is 1. The van der Waals surface area contributed by atoms with Gasteiger partial charge < -0.3 is 5.32 Å². The molecule has 1 aromatic heterocycles. The summed E-state index contributed by atoms with van der Waals surface area (Å²) in [6.07, 6.45) is 1.40. The summed E-state index contributed by atoms with van der Waals surface area (Å²) in [6, 6.07) is 9.34. The summed E-state index contributed by atoms with van der Waals surface area (Å²) < 4.78 is 0. The first kappa shape index (κ1) is 12.3. The molecule has 0 spiro atoms. The predicted molar refractivity (Wildman–Crippen MR) is 68.7 cm³/mol. The van der Waals surface area contributed by atoms with Crippen molar-refractivity contribution in [1.82, 2.24) is 20.3 Å². The molecule has 0 saturated carbocycles. The van der Waals surface area contributed by atoms with E-state index in [2.05, 4.69) is 22.1 Å². The molecule has 2 rings (SSSR count). The Balaban J connectivity index is 2.11. The molecule has 0 fully saturated rings. The number of nitrogens with one attached hydrogen (secondary N) is 1. The monoisotopic (exact) mass is 262 g/mol. The van der Waals surface area contributed by atoms with E-state index < -0.39 is 0 Å². The van der Waals surface area contributed by atoms with Gasteiger partial charge in [-0.25, -0.2) is 0 Å². The van der Waals surface area contributed by atoms with Crippen LogP contribution in [0.3, 0.4) is 0 Å². The molecule has 18 heavy (non-hydrogen) atoms. The zero-order valence-corrected chi connectivity index (χ0v) is 10.3. The van der Waals surface area contributed by atoms with E-state index in [0.29, 0.717) is 5.03 Å². The van der Waals surface area contributed by atoms with Gasteiger partial charge in [-0.3, -0.25) is 4.79 Å². The van der Waals surface area contributed by atoms with Crippen LogP contribution in [0.5, 0.6) is 0 Å². The van der Waals surface area contributed by atoms with Crippen LogP contribution in [-0.2, 0) is 0 Å². The topological polar surface area (TPSA) is 59.8 Å². The normalized spacial score (nSPS) is 10.1. The van der Waals surface area contributed by atoms with E-state index in [9.17, 15) is 4.79 Å². The minimum atomic E-state index is -0.334. The van der Waals surface area contributed by atoms with Gasteiger partial charge in [0.15, 0.2) is 5.69 Å². The van der Waals surface area contributed by atoms with Crippen molar-refractivity contribution in [2.75, 3.05) is 6.54 Å². The van der Waals surface area contributed by atoms with Crippen molar-refractivity contribution < 1.29 is 4.79 Å². The summed E-state index contributed by atoms with van der Waals surface area (Å²) in [6.45, 7) is 3.69. The fraction of sp³-hybridized carbons (Fsp3) is 0.0833. The highest BCUT2D eigenvalue weighted by molar-refractivity contribution is 6.29. The third-order valence-corrected chi connectivity index (χ3v) is 2.29. The number of amides is 1. The lowest BCUT2D eigenvalue weighted by Crippen LogP contribution is -2.25. The van der Waals surface area contributed by atoms with Crippen LogP contribution < -0.4 is 5.32 Å². The maximum absolute atomic E-state index is 11.7. The number of para-hydroxylation sites is 1. The SMILES string of the molecule is C=C(Cl)CNC(=O)c1cnn(-c2ccccc2)n1.